The highest BCUT2D eigenvalue weighted by Crippen LogP contribution is 2.31. The smallest absolute Gasteiger partial charge is 0.127 e. The molecule has 0 aromatic heterocycles. The molecule has 1 saturated heterocycles. The Hall–Kier alpha value is -1.26. The van der Waals surface area contributed by atoms with Gasteiger partial charge in [0.15, 0.2) is 0 Å². The van der Waals surface area contributed by atoms with E-state index in [1.807, 2.05) is 18.2 Å². The van der Waals surface area contributed by atoms with E-state index in [2.05, 4.69) is 0 Å². The van der Waals surface area contributed by atoms with Gasteiger partial charge in [0.1, 0.15) is 11.5 Å². The minimum absolute atomic E-state index is 0.00254. The lowest BCUT2D eigenvalue weighted by Gasteiger charge is -2.17. The summed E-state index contributed by atoms with van der Waals surface area (Å²) in [6.07, 6.45) is 5.97. The van der Waals surface area contributed by atoms with Crippen LogP contribution < -0.4 is 15.2 Å². The Kier molecular flexibility index (Phi) is 5.68. The zero-order valence-corrected chi connectivity index (χ0v) is 12.4. The van der Waals surface area contributed by atoms with Crippen LogP contribution in [0.5, 0.6) is 11.5 Å². The van der Waals surface area contributed by atoms with Crippen molar-refractivity contribution in [1.29, 1.82) is 0 Å². The zero-order valence-electron chi connectivity index (χ0n) is 12.4. The number of nitrogens with two attached hydrogens (primary N) is 1. The molecular weight excluding hydrogens is 254 g/mol. The first-order valence-corrected chi connectivity index (χ1v) is 7.33. The molecule has 1 aliphatic rings. The maximum absolute atomic E-state index is 6.29. The summed E-state index contributed by atoms with van der Waals surface area (Å²) < 4.78 is 16.2. The van der Waals surface area contributed by atoms with Gasteiger partial charge in [0.25, 0.3) is 0 Å². The predicted octanol–water partition coefficient (Wildman–Crippen LogP) is 3.05. The molecule has 0 spiro atoms. The number of benzene rings is 1. The summed E-state index contributed by atoms with van der Waals surface area (Å²) in [6.45, 7) is 0.920. The third-order valence-corrected chi connectivity index (χ3v) is 3.91. The number of rotatable bonds is 7. The minimum atomic E-state index is -0.00254. The van der Waals surface area contributed by atoms with E-state index in [9.17, 15) is 0 Å². The van der Waals surface area contributed by atoms with Gasteiger partial charge in [0, 0.05) is 24.3 Å². The summed E-state index contributed by atoms with van der Waals surface area (Å²) in [5.74, 6) is 1.59. The fourth-order valence-electron chi connectivity index (χ4n) is 2.72. The summed E-state index contributed by atoms with van der Waals surface area (Å²) >= 11 is 0. The standard InChI is InChI=1S/C16H25NO3/c1-18-13-8-9-14(16(11-13)19-2)15(17)7-3-5-12-6-4-10-20-12/h8-9,11-12,15H,3-7,10,17H2,1-2H3. The van der Waals surface area contributed by atoms with Gasteiger partial charge in [0.2, 0.25) is 0 Å². The summed E-state index contributed by atoms with van der Waals surface area (Å²) in [5.41, 5.74) is 7.33. The van der Waals surface area contributed by atoms with E-state index in [0.29, 0.717) is 6.10 Å². The van der Waals surface area contributed by atoms with E-state index in [1.165, 1.54) is 12.8 Å². The molecule has 0 radical (unpaired) electrons. The van der Waals surface area contributed by atoms with Crippen LogP contribution in [0, 0.1) is 0 Å². The molecule has 2 atom stereocenters. The molecule has 4 nitrogen and oxygen atoms in total. The van der Waals surface area contributed by atoms with Gasteiger partial charge in [-0.2, -0.15) is 0 Å². The Morgan fingerprint density at radius 3 is 2.85 bits per heavy atom. The van der Waals surface area contributed by atoms with Crippen molar-refractivity contribution in [3.8, 4) is 11.5 Å². The Morgan fingerprint density at radius 1 is 1.35 bits per heavy atom. The third kappa shape index (κ3) is 3.87. The highest BCUT2D eigenvalue weighted by atomic mass is 16.5. The van der Waals surface area contributed by atoms with Crippen LogP contribution in [0.15, 0.2) is 18.2 Å². The molecule has 0 saturated carbocycles. The molecule has 1 heterocycles. The van der Waals surface area contributed by atoms with Crippen molar-refractivity contribution < 1.29 is 14.2 Å². The van der Waals surface area contributed by atoms with Crippen molar-refractivity contribution in [3.05, 3.63) is 23.8 Å². The average molecular weight is 279 g/mol. The van der Waals surface area contributed by atoms with Crippen LogP contribution in [0.1, 0.15) is 43.7 Å². The lowest BCUT2D eigenvalue weighted by atomic mass is 9.99. The molecule has 1 fully saturated rings. The number of hydrogen-bond acceptors (Lipinski definition) is 4. The van der Waals surface area contributed by atoms with Crippen molar-refractivity contribution in [2.24, 2.45) is 5.73 Å². The minimum Gasteiger partial charge on any atom is -0.497 e. The van der Waals surface area contributed by atoms with Crippen LogP contribution in [0.3, 0.4) is 0 Å². The van der Waals surface area contributed by atoms with Gasteiger partial charge in [-0.1, -0.05) is 6.07 Å². The molecule has 2 rings (SSSR count). The molecule has 112 valence electrons. The fraction of sp³-hybridized carbons (Fsp3) is 0.625. The monoisotopic (exact) mass is 279 g/mol. The summed E-state index contributed by atoms with van der Waals surface area (Å²) in [7, 11) is 3.31. The molecule has 0 amide bonds. The Morgan fingerprint density at radius 2 is 2.20 bits per heavy atom. The quantitative estimate of drug-likeness (QED) is 0.833. The fourth-order valence-corrected chi connectivity index (χ4v) is 2.72. The van der Waals surface area contributed by atoms with Crippen molar-refractivity contribution in [2.75, 3.05) is 20.8 Å². The number of hydrogen-bond donors (Lipinski definition) is 1. The third-order valence-electron chi connectivity index (χ3n) is 3.91. The van der Waals surface area contributed by atoms with Gasteiger partial charge < -0.3 is 19.9 Å². The van der Waals surface area contributed by atoms with Gasteiger partial charge >= 0.3 is 0 Å². The Labute approximate surface area is 121 Å². The molecule has 2 unspecified atom stereocenters. The summed E-state index contributed by atoms with van der Waals surface area (Å²) in [6, 6.07) is 5.80. The first-order valence-electron chi connectivity index (χ1n) is 7.33. The first kappa shape index (κ1) is 15.1. The topological polar surface area (TPSA) is 53.7 Å². The van der Waals surface area contributed by atoms with E-state index >= 15 is 0 Å². The maximum atomic E-state index is 6.29. The first-order chi connectivity index (χ1) is 9.74. The van der Waals surface area contributed by atoms with Crippen LogP contribution in [-0.2, 0) is 4.74 Å². The van der Waals surface area contributed by atoms with Crippen LogP contribution in [-0.4, -0.2) is 26.9 Å². The lowest BCUT2D eigenvalue weighted by molar-refractivity contribution is 0.101. The van der Waals surface area contributed by atoms with Crippen LogP contribution in [0.2, 0.25) is 0 Å². The summed E-state index contributed by atoms with van der Waals surface area (Å²) in [4.78, 5) is 0. The highest BCUT2D eigenvalue weighted by Gasteiger charge is 2.17. The largest absolute Gasteiger partial charge is 0.497 e. The molecular formula is C16H25NO3. The number of methoxy groups -OCH3 is 2. The van der Waals surface area contributed by atoms with Gasteiger partial charge in [0.05, 0.1) is 20.3 Å². The van der Waals surface area contributed by atoms with Gasteiger partial charge in [-0.05, 0) is 38.2 Å². The van der Waals surface area contributed by atoms with Gasteiger partial charge in [-0.25, -0.2) is 0 Å². The van der Waals surface area contributed by atoms with Gasteiger partial charge in [-0.15, -0.1) is 0 Å². The van der Waals surface area contributed by atoms with Crippen molar-refractivity contribution in [3.63, 3.8) is 0 Å². The lowest BCUT2D eigenvalue weighted by Crippen LogP contribution is -2.13. The van der Waals surface area contributed by atoms with Crippen LogP contribution in [0.25, 0.3) is 0 Å². The number of ether oxygens (including phenoxy) is 3. The van der Waals surface area contributed by atoms with Crippen molar-refractivity contribution in [2.45, 2.75) is 44.2 Å². The Bertz CT molecular complexity index is 416. The van der Waals surface area contributed by atoms with E-state index in [1.54, 1.807) is 14.2 Å². The molecule has 1 aromatic carbocycles. The molecule has 20 heavy (non-hydrogen) atoms. The van der Waals surface area contributed by atoms with E-state index in [-0.39, 0.29) is 6.04 Å². The molecule has 0 bridgehead atoms. The van der Waals surface area contributed by atoms with Crippen molar-refractivity contribution in [1.82, 2.24) is 0 Å². The summed E-state index contributed by atoms with van der Waals surface area (Å²) in [5, 5.41) is 0. The van der Waals surface area contributed by atoms with Gasteiger partial charge in [-0.3, -0.25) is 0 Å². The van der Waals surface area contributed by atoms with Crippen LogP contribution >= 0.6 is 0 Å². The second-order valence-corrected chi connectivity index (χ2v) is 5.28. The molecule has 1 aromatic rings. The molecule has 1 aliphatic heterocycles. The molecule has 2 N–H and O–H groups in total. The molecule has 4 heteroatoms. The predicted molar refractivity (Wildman–Crippen MR) is 79.3 cm³/mol. The second kappa shape index (κ2) is 7.50. The van der Waals surface area contributed by atoms with E-state index < -0.39 is 0 Å². The Balaban J connectivity index is 1.88. The highest BCUT2D eigenvalue weighted by molar-refractivity contribution is 5.42. The van der Waals surface area contributed by atoms with E-state index in [4.69, 9.17) is 19.9 Å². The normalized spacial score (nSPS) is 19.9. The second-order valence-electron chi connectivity index (χ2n) is 5.28. The maximum Gasteiger partial charge on any atom is 0.127 e. The van der Waals surface area contributed by atoms with Crippen molar-refractivity contribution >= 4 is 0 Å². The average Bonchev–Trinajstić information content (AvgIpc) is 2.99. The van der Waals surface area contributed by atoms with Crippen LogP contribution in [0.4, 0.5) is 0 Å². The zero-order chi connectivity index (χ0) is 14.4. The SMILES string of the molecule is COc1ccc(C(N)CCCC2CCCO2)c(OC)c1. The molecule has 0 aliphatic carbocycles. The van der Waals surface area contributed by atoms with E-state index in [0.717, 1.165) is 42.9 Å².